The van der Waals surface area contributed by atoms with Crippen molar-refractivity contribution >= 4 is 39.2 Å². The van der Waals surface area contributed by atoms with Crippen molar-refractivity contribution in [3.63, 3.8) is 0 Å². The summed E-state index contributed by atoms with van der Waals surface area (Å²) in [6.07, 6.45) is 1.45. The molecule has 0 aliphatic carbocycles. The Kier molecular flexibility index (Phi) is 5.52. The van der Waals surface area contributed by atoms with Gasteiger partial charge >= 0.3 is 5.97 Å². The topological polar surface area (TPSA) is 41.6 Å². The van der Waals surface area contributed by atoms with Gasteiger partial charge in [-0.1, -0.05) is 11.6 Å². The summed E-state index contributed by atoms with van der Waals surface area (Å²) < 4.78 is 6.09. The van der Waals surface area contributed by atoms with E-state index in [1.165, 1.54) is 0 Å². The molecule has 0 atom stereocenters. The molecule has 0 spiro atoms. The van der Waals surface area contributed by atoms with Gasteiger partial charge in [0.15, 0.2) is 0 Å². The zero-order chi connectivity index (χ0) is 15.5. The van der Waals surface area contributed by atoms with Gasteiger partial charge in [0.1, 0.15) is 5.54 Å². The Bertz CT molecular complexity index is 516. The van der Waals surface area contributed by atoms with Gasteiger partial charge in [0.05, 0.1) is 11.6 Å². The lowest BCUT2D eigenvalue weighted by molar-refractivity contribution is -0.150. The summed E-state index contributed by atoms with van der Waals surface area (Å²) >= 11 is 9.43. The zero-order valence-electron chi connectivity index (χ0n) is 12.3. The Morgan fingerprint density at radius 2 is 2.14 bits per heavy atom. The zero-order valence-corrected chi connectivity index (χ0v) is 14.6. The summed E-state index contributed by atoms with van der Waals surface area (Å²) in [5.74, 6) is -0.177. The van der Waals surface area contributed by atoms with E-state index < -0.39 is 5.54 Å². The van der Waals surface area contributed by atoms with E-state index in [0.29, 0.717) is 11.6 Å². The largest absolute Gasteiger partial charge is 0.464 e. The van der Waals surface area contributed by atoms with Crippen LogP contribution in [0, 0.1) is 0 Å². The predicted octanol–water partition coefficient (Wildman–Crippen LogP) is 3.54. The molecule has 116 valence electrons. The number of ether oxygens (including phenoxy) is 1. The quantitative estimate of drug-likeness (QED) is 0.817. The van der Waals surface area contributed by atoms with E-state index in [4.69, 9.17) is 16.3 Å². The van der Waals surface area contributed by atoms with Crippen molar-refractivity contribution in [3.05, 3.63) is 27.7 Å². The first-order valence-corrected chi connectivity index (χ1v) is 8.23. The number of nitrogens with one attached hydrogen (secondary N) is 1. The van der Waals surface area contributed by atoms with E-state index in [2.05, 4.69) is 33.2 Å². The molecule has 1 aromatic carbocycles. The lowest BCUT2D eigenvalue weighted by atomic mass is 9.87. The standard InChI is InChI=1S/C15H20BrClN2O2/c1-3-21-14(20)15(6-8-19(2)9-7-15)18-11-4-5-13(17)12(16)10-11/h4-5,10,18H,3,6-9H2,1-2H3. The number of rotatable bonds is 4. The van der Waals surface area contributed by atoms with E-state index in [-0.39, 0.29) is 5.97 Å². The highest BCUT2D eigenvalue weighted by molar-refractivity contribution is 9.10. The van der Waals surface area contributed by atoms with Crippen LogP contribution in [0.4, 0.5) is 5.69 Å². The molecular formula is C15H20BrClN2O2. The number of carbonyl (C=O) groups excluding carboxylic acids is 1. The lowest BCUT2D eigenvalue weighted by Crippen LogP contribution is -2.54. The molecule has 21 heavy (non-hydrogen) atoms. The molecule has 1 saturated heterocycles. The fraction of sp³-hybridized carbons (Fsp3) is 0.533. The second kappa shape index (κ2) is 6.99. The number of nitrogens with zero attached hydrogens (tertiary/aromatic N) is 1. The summed E-state index contributed by atoms with van der Waals surface area (Å²) in [6.45, 7) is 3.95. The van der Waals surface area contributed by atoms with E-state index in [1.807, 2.05) is 25.1 Å². The smallest absolute Gasteiger partial charge is 0.331 e. The molecular weight excluding hydrogens is 356 g/mol. The molecule has 1 N–H and O–H groups in total. The Balaban J connectivity index is 2.23. The molecule has 4 nitrogen and oxygen atoms in total. The highest BCUT2D eigenvalue weighted by Crippen LogP contribution is 2.31. The predicted molar refractivity (Wildman–Crippen MR) is 88.9 cm³/mol. The van der Waals surface area contributed by atoms with Crippen LogP contribution in [0.15, 0.2) is 22.7 Å². The number of likely N-dealkylation sites (tertiary alicyclic amines) is 1. The normalized spacial score (nSPS) is 18.3. The van der Waals surface area contributed by atoms with Crippen LogP contribution in [0.2, 0.25) is 5.02 Å². The molecule has 6 heteroatoms. The number of hydrogen-bond acceptors (Lipinski definition) is 4. The molecule has 2 rings (SSSR count). The molecule has 0 bridgehead atoms. The maximum atomic E-state index is 12.4. The number of carbonyl (C=O) groups is 1. The summed E-state index contributed by atoms with van der Waals surface area (Å²) in [4.78, 5) is 14.7. The van der Waals surface area contributed by atoms with E-state index in [9.17, 15) is 4.79 Å². The Morgan fingerprint density at radius 1 is 1.48 bits per heavy atom. The Morgan fingerprint density at radius 3 is 2.71 bits per heavy atom. The first-order chi connectivity index (χ1) is 9.97. The summed E-state index contributed by atoms with van der Waals surface area (Å²) in [5, 5.41) is 4.03. The molecule has 0 aromatic heterocycles. The fourth-order valence-electron chi connectivity index (χ4n) is 2.50. The van der Waals surface area contributed by atoms with Crippen LogP contribution in [0.3, 0.4) is 0 Å². The monoisotopic (exact) mass is 374 g/mol. The van der Waals surface area contributed by atoms with Crippen LogP contribution < -0.4 is 5.32 Å². The first kappa shape index (κ1) is 16.6. The molecule has 0 amide bonds. The highest BCUT2D eigenvalue weighted by atomic mass is 79.9. The van der Waals surface area contributed by atoms with E-state index in [0.717, 1.165) is 36.1 Å². The van der Waals surface area contributed by atoms with Gasteiger partial charge in [0, 0.05) is 23.2 Å². The number of hydrogen-bond donors (Lipinski definition) is 1. The molecule has 0 saturated carbocycles. The molecule has 1 aromatic rings. The van der Waals surface area contributed by atoms with Gasteiger partial charge in [-0.05, 0) is 60.9 Å². The Hall–Kier alpha value is -0.780. The van der Waals surface area contributed by atoms with Crippen molar-refractivity contribution in [1.29, 1.82) is 0 Å². The van der Waals surface area contributed by atoms with Crippen LogP contribution in [-0.2, 0) is 9.53 Å². The van der Waals surface area contributed by atoms with Crippen molar-refractivity contribution in [2.45, 2.75) is 25.3 Å². The van der Waals surface area contributed by atoms with Crippen molar-refractivity contribution in [2.24, 2.45) is 0 Å². The number of halogens is 2. The van der Waals surface area contributed by atoms with Crippen LogP contribution in [0.25, 0.3) is 0 Å². The molecule has 1 fully saturated rings. The number of esters is 1. The van der Waals surface area contributed by atoms with Gasteiger partial charge in [-0.3, -0.25) is 0 Å². The molecule has 1 heterocycles. The SMILES string of the molecule is CCOC(=O)C1(Nc2ccc(Cl)c(Br)c2)CCN(C)CC1. The summed E-state index contributed by atoms with van der Waals surface area (Å²) in [5.41, 5.74) is 0.208. The van der Waals surface area contributed by atoms with Crippen LogP contribution in [-0.4, -0.2) is 43.2 Å². The van der Waals surface area contributed by atoms with Gasteiger partial charge in [0.2, 0.25) is 0 Å². The molecule has 0 radical (unpaired) electrons. The van der Waals surface area contributed by atoms with Crippen molar-refractivity contribution in [2.75, 3.05) is 32.1 Å². The second-order valence-electron chi connectivity index (χ2n) is 5.36. The lowest BCUT2D eigenvalue weighted by Gasteiger charge is -2.39. The van der Waals surface area contributed by atoms with Crippen molar-refractivity contribution in [3.8, 4) is 0 Å². The fourth-order valence-corrected chi connectivity index (χ4v) is 3.00. The van der Waals surface area contributed by atoms with Crippen molar-refractivity contribution < 1.29 is 9.53 Å². The second-order valence-corrected chi connectivity index (χ2v) is 6.62. The van der Waals surface area contributed by atoms with Crippen LogP contribution in [0.1, 0.15) is 19.8 Å². The number of anilines is 1. The van der Waals surface area contributed by atoms with Gasteiger partial charge < -0.3 is 15.0 Å². The number of benzene rings is 1. The summed E-state index contributed by atoms with van der Waals surface area (Å²) in [6, 6.07) is 5.58. The Labute approximate surface area is 138 Å². The third-order valence-corrected chi connectivity index (χ3v) is 5.02. The minimum atomic E-state index is -0.657. The average molecular weight is 376 g/mol. The van der Waals surface area contributed by atoms with E-state index >= 15 is 0 Å². The maximum absolute atomic E-state index is 12.4. The van der Waals surface area contributed by atoms with E-state index in [1.54, 1.807) is 0 Å². The van der Waals surface area contributed by atoms with Gasteiger partial charge in [-0.15, -0.1) is 0 Å². The van der Waals surface area contributed by atoms with Gasteiger partial charge in [-0.25, -0.2) is 4.79 Å². The minimum absolute atomic E-state index is 0.177. The highest BCUT2D eigenvalue weighted by Gasteiger charge is 2.42. The average Bonchev–Trinajstić information content (AvgIpc) is 2.46. The van der Waals surface area contributed by atoms with Crippen LogP contribution in [0.5, 0.6) is 0 Å². The summed E-state index contributed by atoms with van der Waals surface area (Å²) in [7, 11) is 2.06. The van der Waals surface area contributed by atoms with Crippen LogP contribution >= 0.6 is 27.5 Å². The number of piperidine rings is 1. The third kappa shape index (κ3) is 3.90. The molecule has 1 aliphatic heterocycles. The minimum Gasteiger partial charge on any atom is -0.464 e. The molecule has 0 unspecified atom stereocenters. The third-order valence-electron chi connectivity index (χ3n) is 3.81. The maximum Gasteiger partial charge on any atom is 0.331 e. The van der Waals surface area contributed by atoms with Gasteiger partial charge in [-0.2, -0.15) is 0 Å². The molecule has 1 aliphatic rings. The van der Waals surface area contributed by atoms with Crippen molar-refractivity contribution in [1.82, 2.24) is 4.90 Å². The first-order valence-electron chi connectivity index (χ1n) is 7.06. The van der Waals surface area contributed by atoms with Gasteiger partial charge in [0.25, 0.3) is 0 Å².